The standard InChI is InChI=1S/C22H21ClF3N5O3/c1-4-20(33)30-5-6-31(12(2)32)17(11-30)14-8-15(29-19(23)10-14)13-7-16(21(34)27-3)28-18(9-13)22(24,25)26/h4,7-10,17H,1,5-6,11H2,2-3H3,(H,27,34)/t17-/m1/s1. The average molecular weight is 496 g/mol. The summed E-state index contributed by atoms with van der Waals surface area (Å²) in [6, 6.07) is 4.30. The minimum atomic E-state index is -4.81. The van der Waals surface area contributed by atoms with Crippen LogP contribution in [0.15, 0.2) is 36.9 Å². The van der Waals surface area contributed by atoms with Gasteiger partial charge in [0.05, 0.1) is 11.7 Å². The van der Waals surface area contributed by atoms with E-state index in [1.54, 1.807) is 4.90 Å². The largest absolute Gasteiger partial charge is 0.433 e. The molecule has 0 aromatic carbocycles. The molecule has 1 atom stereocenters. The quantitative estimate of drug-likeness (QED) is 0.519. The Kier molecular flexibility index (Phi) is 7.25. The number of carbonyl (C=O) groups excluding carboxylic acids is 3. The molecule has 34 heavy (non-hydrogen) atoms. The molecule has 180 valence electrons. The van der Waals surface area contributed by atoms with Crippen LogP contribution in [0, 0.1) is 0 Å². The van der Waals surface area contributed by atoms with Gasteiger partial charge in [0.1, 0.15) is 16.5 Å². The molecule has 1 saturated heterocycles. The van der Waals surface area contributed by atoms with Gasteiger partial charge >= 0.3 is 6.18 Å². The minimum Gasteiger partial charge on any atom is -0.354 e. The van der Waals surface area contributed by atoms with E-state index in [4.69, 9.17) is 11.6 Å². The van der Waals surface area contributed by atoms with Gasteiger partial charge in [0.2, 0.25) is 11.8 Å². The number of amides is 3. The van der Waals surface area contributed by atoms with Crippen LogP contribution in [0.25, 0.3) is 11.3 Å². The molecule has 0 bridgehead atoms. The Morgan fingerprint density at radius 2 is 1.88 bits per heavy atom. The van der Waals surface area contributed by atoms with Gasteiger partial charge in [-0.3, -0.25) is 14.4 Å². The third-order valence-electron chi connectivity index (χ3n) is 5.34. The summed E-state index contributed by atoms with van der Waals surface area (Å²) in [4.78, 5) is 47.0. The summed E-state index contributed by atoms with van der Waals surface area (Å²) in [7, 11) is 1.27. The lowest BCUT2D eigenvalue weighted by atomic mass is 10.00. The van der Waals surface area contributed by atoms with Crippen LogP contribution in [0.2, 0.25) is 5.15 Å². The molecule has 8 nitrogen and oxygen atoms in total. The van der Waals surface area contributed by atoms with Crippen molar-refractivity contribution in [3.63, 3.8) is 0 Å². The van der Waals surface area contributed by atoms with Gasteiger partial charge in [-0.15, -0.1) is 0 Å². The number of carbonyl (C=O) groups is 3. The lowest BCUT2D eigenvalue weighted by Crippen LogP contribution is -2.51. The number of nitrogens with one attached hydrogen (secondary N) is 1. The second-order valence-corrected chi connectivity index (χ2v) is 7.92. The first kappa shape index (κ1) is 25.2. The molecule has 1 aliphatic heterocycles. The lowest BCUT2D eigenvalue weighted by molar-refractivity contribution is -0.141. The number of pyridine rings is 2. The van der Waals surface area contributed by atoms with Crippen LogP contribution in [0.4, 0.5) is 13.2 Å². The molecular weight excluding hydrogens is 475 g/mol. The molecule has 3 amide bonds. The van der Waals surface area contributed by atoms with Crippen LogP contribution in [-0.2, 0) is 15.8 Å². The summed E-state index contributed by atoms with van der Waals surface area (Å²) in [5, 5.41) is 2.21. The van der Waals surface area contributed by atoms with E-state index in [0.29, 0.717) is 12.1 Å². The highest BCUT2D eigenvalue weighted by Crippen LogP contribution is 2.34. The van der Waals surface area contributed by atoms with Crippen molar-refractivity contribution in [3.05, 3.63) is 59.0 Å². The maximum absolute atomic E-state index is 13.4. The molecule has 0 saturated carbocycles. The number of aromatic nitrogens is 2. The maximum Gasteiger partial charge on any atom is 0.433 e. The Balaban J connectivity index is 2.13. The lowest BCUT2D eigenvalue weighted by Gasteiger charge is -2.41. The highest BCUT2D eigenvalue weighted by Gasteiger charge is 2.35. The van der Waals surface area contributed by atoms with Crippen molar-refractivity contribution in [2.45, 2.75) is 19.1 Å². The molecular formula is C22H21ClF3N5O3. The van der Waals surface area contributed by atoms with Gasteiger partial charge in [-0.2, -0.15) is 13.2 Å². The number of hydrogen-bond acceptors (Lipinski definition) is 5. The highest BCUT2D eigenvalue weighted by molar-refractivity contribution is 6.29. The van der Waals surface area contributed by atoms with Crippen LogP contribution in [-0.4, -0.2) is 64.2 Å². The molecule has 1 aliphatic rings. The predicted octanol–water partition coefficient (Wildman–Crippen LogP) is 3.09. The van der Waals surface area contributed by atoms with E-state index >= 15 is 0 Å². The van der Waals surface area contributed by atoms with E-state index in [9.17, 15) is 27.6 Å². The van der Waals surface area contributed by atoms with E-state index in [2.05, 4.69) is 21.9 Å². The zero-order valence-corrected chi connectivity index (χ0v) is 19.1. The molecule has 2 aromatic heterocycles. The monoisotopic (exact) mass is 495 g/mol. The second kappa shape index (κ2) is 9.80. The zero-order chi connectivity index (χ0) is 25.2. The summed E-state index contributed by atoms with van der Waals surface area (Å²) >= 11 is 6.20. The molecule has 1 N–H and O–H groups in total. The molecule has 0 unspecified atom stereocenters. The van der Waals surface area contributed by atoms with Gasteiger partial charge in [-0.25, -0.2) is 9.97 Å². The fraction of sp³-hybridized carbons (Fsp3) is 0.318. The van der Waals surface area contributed by atoms with Gasteiger partial charge < -0.3 is 15.1 Å². The molecule has 12 heteroatoms. The van der Waals surface area contributed by atoms with Gasteiger partial charge in [0, 0.05) is 39.2 Å². The summed E-state index contributed by atoms with van der Waals surface area (Å²) in [6.45, 7) is 5.56. The number of hydrogen-bond donors (Lipinski definition) is 1. The van der Waals surface area contributed by atoms with Crippen molar-refractivity contribution in [2.24, 2.45) is 0 Å². The smallest absolute Gasteiger partial charge is 0.354 e. The SMILES string of the molecule is C=CC(=O)N1CCN(C(C)=O)[C@@H](c2cc(Cl)nc(-c3cc(C(=O)NC)nc(C(F)(F)F)c3)c2)C1. The first-order valence-corrected chi connectivity index (χ1v) is 10.5. The third-order valence-corrected chi connectivity index (χ3v) is 5.54. The minimum absolute atomic E-state index is 0.0324. The van der Waals surface area contributed by atoms with Crippen LogP contribution in [0.3, 0.4) is 0 Å². The molecule has 3 rings (SSSR count). The number of halogens is 4. The van der Waals surface area contributed by atoms with Crippen molar-refractivity contribution >= 4 is 29.3 Å². The first-order valence-electron chi connectivity index (χ1n) is 10.1. The summed E-state index contributed by atoms with van der Waals surface area (Å²) in [6.07, 6.45) is -3.64. The van der Waals surface area contributed by atoms with Crippen LogP contribution >= 0.6 is 11.6 Å². The Morgan fingerprint density at radius 1 is 1.18 bits per heavy atom. The molecule has 2 aromatic rings. The average Bonchev–Trinajstić information content (AvgIpc) is 2.81. The van der Waals surface area contributed by atoms with Crippen molar-refractivity contribution in [1.29, 1.82) is 0 Å². The molecule has 3 heterocycles. The molecule has 0 aliphatic carbocycles. The van der Waals surface area contributed by atoms with Crippen LogP contribution < -0.4 is 5.32 Å². The highest BCUT2D eigenvalue weighted by atomic mass is 35.5. The molecule has 0 radical (unpaired) electrons. The molecule has 1 fully saturated rings. The Bertz CT molecular complexity index is 1160. The van der Waals surface area contributed by atoms with Crippen molar-refractivity contribution in [1.82, 2.24) is 25.1 Å². The van der Waals surface area contributed by atoms with Crippen LogP contribution in [0.5, 0.6) is 0 Å². The Hall–Kier alpha value is -3.47. The second-order valence-electron chi connectivity index (χ2n) is 7.53. The summed E-state index contributed by atoms with van der Waals surface area (Å²) in [5.74, 6) is -1.36. The zero-order valence-electron chi connectivity index (χ0n) is 18.3. The van der Waals surface area contributed by atoms with E-state index in [-0.39, 0.29) is 41.3 Å². The van der Waals surface area contributed by atoms with Crippen molar-refractivity contribution in [2.75, 3.05) is 26.7 Å². The van der Waals surface area contributed by atoms with E-state index in [1.807, 2.05) is 0 Å². The predicted molar refractivity (Wildman–Crippen MR) is 118 cm³/mol. The number of alkyl halides is 3. The summed E-state index contributed by atoms with van der Waals surface area (Å²) in [5.41, 5.74) is -1.22. The number of nitrogens with zero attached hydrogens (tertiary/aromatic N) is 4. The number of piperazine rings is 1. The molecule has 0 spiro atoms. The summed E-state index contributed by atoms with van der Waals surface area (Å²) < 4.78 is 40.3. The topological polar surface area (TPSA) is 95.5 Å². The van der Waals surface area contributed by atoms with Crippen molar-refractivity contribution in [3.8, 4) is 11.3 Å². The van der Waals surface area contributed by atoms with Gasteiger partial charge in [-0.1, -0.05) is 18.2 Å². The van der Waals surface area contributed by atoms with Crippen molar-refractivity contribution < 1.29 is 27.6 Å². The Labute approximate surface area is 198 Å². The fourth-order valence-electron chi connectivity index (χ4n) is 3.70. The maximum atomic E-state index is 13.4. The van der Waals surface area contributed by atoms with Gasteiger partial charge in [-0.05, 0) is 35.9 Å². The van der Waals surface area contributed by atoms with Crippen LogP contribution in [0.1, 0.15) is 34.7 Å². The van der Waals surface area contributed by atoms with Gasteiger partial charge in [0.15, 0.2) is 0 Å². The van der Waals surface area contributed by atoms with E-state index < -0.39 is 29.5 Å². The van der Waals surface area contributed by atoms with E-state index in [1.165, 1.54) is 43.1 Å². The fourth-order valence-corrected chi connectivity index (χ4v) is 3.92. The van der Waals surface area contributed by atoms with Gasteiger partial charge in [0.25, 0.3) is 5.91 Å². The normalized spacial score (nSPS) is 16.2. The number of rotatable bonds is 4. The first-order chi connectivity index (χ1) is 15.9. The Morgan fingerprint density at radius 3 is 2.47 bits per heavy atom. The van der Waals surface area contributed by atoms with E-state index in [0.717, 1.165) is 6.07 Å². The third kappa shape index (κ3) is 5.36.